The molecule has 7 heteroatoms. The highest BCUT2D eigenvalue weighted by Crippen LogP contribution is 2.20. The molecule has 3 rings (SSSR count). The molecule has 0 saturated carbocycles. The molecule has 2 aromatic rings. The van der Waals surface area contributed by atoms with Crippen molar-refractivity contribution >= 4 is 23.2 Å². The number of phenols is 1. The van der Waals surface area contributed by atoms with Crippen LogP contribution >= 0.6 is 11.6 Å². The summed E-state index contributed by atoms with van der Waals surface area (Å²) < 4.78 is 5.50. The van der Waals surface area contributed by atoms with E-state index in [4.69, 9.17) is 16.3 Å². The number of amides is 1. The number of rotatable bonds is 6. The van der Waals surface area contributed by atoms with E-state index < -0.39 is 6.10 Å². The molecule has 0 unspecified atom stereocenters. The number of piperazine rings is 1. The van der Waals surface area contributed by atoms with Crippen molar-refractivity contribution in [3.05, 3.63) is 53.6 Å². The number of halogens is 1. The van der Waals surface area contributed by atoms with Gasteiger partial charge in [-0.25, -0.2) is 0 Å². The average Bonchev–Trinajstić information content (AvgIpc) is 2.62. The van der Waals surface area contributed by atoms with Crippen molar-refractivity contribution in [3.8, 4) is 11.5 Å². The van der Waals surface area contributed by atoms with Crippen LogP contribution in [0.3, 0.4) is 0 Å². The lowest BCUT2D eigenvalue weighted by atomic mass is 10.2. The molecular weight excluding hydrogens is 356 g/mol. The fourth-order valence-electron chi connectivity index (χ4n) is 2.86. The highest BCUT2D eigenvalue weighted by Gasteiger charge is 2.26. The Hall–Kier alpha value is -2.28. The second-order valence-electron chi connectivity index (χ2n) is 6.22. The zero-order valence-electron chi connectivity index (χ0n) is 14.2. The van der Waals surface area contributed by atoms with Crippen molar-refractivity contribution in [3.63, 3.8) is 0 Å². The molecule has 6 nitrogen and oxygen atoms in total. The summed E-state index contributed by atoms with van der Waals surface area (Å²) >= 11 is 5.89. The molecule has 1 amide bonds. The minimum atomic E-state index is -0.710. The molecule has 0 radical (unpaired) electrons. The van der Waals surface area contributed by atoms with Crippen molar-refractivity contribution in [1.82, 2.24) is 4.90 Å². The molecule has 1 aliphatic heterocycles. The number of nitrogens with zero attached hydrogens (tertiary/aromatic N) is 2. The molecule has 0 aromatic heterocycles. The molecule has 1 atom stereocenters. The van der Waals surface area contributed by atoms with Gasteiger partial charge in [-0.1, -0.05) is 11.6 Å². The minimum Gasteiger partial charge on any atom is -0.508 e. The van der Waals surface area contributed by atoms with E-state index in [0.29, 0.717) is 30.4 Å². The molecule has 26 heavy (non-hydrogen) atoms. The zero-order chi connectivity index (χ0) is 18.5. The van der Waals surface area contributed by atoms with E-state index in [-0.39, 0.29) is 24.8 Å². The molecule has 1 saturated heterocycles. The van der Waals surface area contributed by atoms with Gasteiger partial charge in [0, 0.05) is 30.3 Å². The van der Waals surface area contributed by atoms with Crippen LogP contribution in [0, 0.1) is 0 Å². The van der Waals surface area contributed by atoms with Crippen LogP contribution in [0.15, 0.2) is 48.5 Å². The van der Waals surface area contributed by atoms with E-state index in [9.17, 15) is 15.0 Å². The van der Waals surface area contributed by atoms with E-state index >= 15 is 0 Å². The highest BCUT2D eigenvalue weighted by molar-refractivity contribution is 6.30. The van der Waals surface area contributed by atoms with E-state index in [2.05, 4.69) is 0 Å². The first-order valence-corrected chi connectivity index (χ1v) is 8.77. The predicted molar refractivity (Wildman–Crippen MR) is 99.9 cm³/mol. The van der Waals surface area contributed by atoms with Crippen LogP contribution in [0.1, 0.15) is 0 Å². The zero-order valence-corrected chi connectivity index (χ0v) is 15.0. The third-order valence-electron chi connectivity index (χ3n) is 4.19. The van der Waals surface area contributed by atoms with Crippen molar-refractivity contribution < 1.29 is 19.7 Å². The lowest BCUT2D eigenvalue weighted by Crippen LogP contribution is -2.52. The van der Waals surface area contributed by atoms with E-state index in [0.717, 1.165) is 5.69 Å². The van der Waals surface area contributed by atoms with Gasteiger partial charge in [0.2, 0.25) is 5.91 Å². The summed E-state index contributed by atoms with van der Waals surface area (Å²) in [5.74, 6) is 0.727. The third kappa shape index (κ3) is 4.88. The Bertz CT molecular complexity index is 736. The second-order valence-corrected chi connectivity index (χ2v) is 6.65. The maximum atomic E-state index is 12.4. The van der Waals surface area contributed by atoms with Crippen LogP contribution in [0.25, 0.3) is 0 Å². The molecule has 1 aliphatic rings. The maximum Gasteiger partial charge on any atom is 0.241 e. The summed E-state index contributed by atoms with van der Waals surface area (Å²) in [5.41, 5.74) is 0.829. The van der Waals surface area contributed by atoms with Gasteiger partial charge in [0.25, 0.3) is 0 Å². The van der Waals surface area contributed by atoms with Crippen molar-refractivity contribution in [2.24, 2.45) is 0 Å². The number of hydrogen-bond acceptors (Lipinski definition) is 5. The summed E-state index contributed by atoms with van der Waals surface area (Å²) in [6, 6.07) is 13.5. The molecule has 1 heterocycles. The first kappa shape index (κ1) is 18.5. The van der Waals surface area contributed by atoms with Gasteiger partial charge in [-0.3, -0.25) is 9.69 Å². The number of carbonyl (C=O) groups is 1. The van der Waals surface area contributed by atoms with Crippen molar-refractivity contribution in [1.29, 1.82) is 0 Å². The second kappa shape index (κ2) is 8.40. The Kier molecular flexibility index (Phi) is 5.98. The van der Waals surface area contributed by atoms with Gasteiger partial charge < -0.3 is 19.8 Å². The van der Waals surface area contributed by atoms with Gasteiger partial charge >= 0.3 is 0 Å². The van der Waals surface area contributed by atoms with Gasteiger partial charge in [0.05, 0.1) is 6.54 Å². The Morgan fingerprint density at radius 3 is 2.42 bits per heavy atom. The number of aromatic hydroxyl groups is 1. The van der Waals surface area contributed by atoms with Gasteiger partial charge in [0.1, 0.15) is 24.2 Å². The lowest BCUT2D eigenvalue weighted by molar-refractivity contribution is -0.121. The summed E-state index contributed by atoms with van der Waals surface area (Å²) in [7, 11) is 0. The molecule has 0 spiro atoms. The number of anilines is 1. The Balaban J connectivity index is 1.47. The molecule has 1 fully saturated rings. The Labute approximate surface area is 157 Å². The highest BCUT2D eigenvalue weighted by atomic mass is 35.5. The Morgan fingerprint density at radius 1 is 1.08 bits per heavy atom. The summed E-state index contributed by atoms with van der Waals surface area (Å²) in [4.78, 5) is 16.0. The summed E-state index contributed by atoms with van der Waals surface area (Å²) in [6.45, 7) is 1.96. The quantitative estimate of drug-likeness (QED) is 0.808. The number of β-amino-alcohol motifs (C(OH)–C–C–N with tert-alkyl or cyclic N) is 1. The first-order valence-electron chi connectivity index (χ1n) is 8.39. The van der Waals surface area contributed by atoms with Crippen LogP contribution in [-0.2, 0) is 4.79 Å². The molecule has 2 N–H and O–H groups in total. The fraction of sp³-hybridized carbons (Fsp3) is 0.316. The number of ether oxygens (including phenoxy) is 1. The van der Waals surface area contributed by atoms with Crippen LogP contribution in [0.2, 0.25) is 5.02 Å². The standard InChI is InChI=1S/C19H21ClN2O4/c20-14-1-3-15(4-2-14)22-10-9-21(12-19(22)25)11-17(24)13-26-18-7-5-16(23)6-8-18/h1-8,17,23-24H,9-13H2/t17-/m0/s1. The number of benzene rings is 2. The molecule has 0 aliphatic carbocycles. The monoisotopic (exact) mass is 376 g/mol. The number of hydrogen-bond donors (Lipinski definition) is 2. The van der Waals surface area contributed by atoms with Crippen LogP contribution < -0.4 is 9.64 Å². The predicted octanol–water partition coefficient (Wildman–Crippen LogP) is 2.13. The number of aliphatic hydroxyl groups is 1. The van der Waals surface area contributed by atoms with Crippen molar-refractivity contribution in [2.45, 2.75) is 6.10 Å². The smallest absolute Gasteiger partial charge is 0.241 e. The van der Waals surface area contributed by atoms with Crippen LogP contribution in [0.5, 0.6) is 11.5 Å². The van der Waals surface area contributed by atoms with Gasteiger partial charge in [0.15, 0.2) is 0 Å². The molecule has 0 bridgehead atoms. The maximum absolute atomic E-state index is 12.4. The average molecular weight is 377 g/mol. The Morgan fingerprint density at radius 2 is 1.77 bits per heavy atom. The van der Waals surface area contributed by atoms with E-state index in [1.165, 1.54) is 12.1 Å². The molecular formula is C19H21ClN2O4. The number of aliphatic hydroxyl groups excluding tert-OH is 1. The third-order valence-corrected chi connectivity index (χ3v) is 4.44. The van der Waals surface area contributed by atoms with Gasteiger partial charge in [-0.05, 0) is 48.5 Å². The SMILES string of the molecule is O=C1CN(C[C@H](O)COc2ccc(O)cc2)CCN1c1ccc(Cl)cc1. The van der Waals surface area contributed by atoms with E-state index in [1.807, 2.05) is 17.0 Å². The van der Waals surface area contributed by atoms with E-state index in [1.54, 1.807) is 29.2 Å². The van der Waals surface area contributed by atoms with Gasteiger partial charge in [-0.15, -0.1) is 0 Å². The molecule has 138 valence electrons. The first-order chi connectivity index (χ1) is 12.5. The largest absolute Gasteiger partial charge is 0.508 e. The summed E-state index contributed by atoms with van der Waals surface area (Å²) in [6.07, 6.45) is -0.710. The molecule has 2 aromatic carbocycles. The number of phenolic OH excluding ortho intramolecular Hbond substituents is 1. The van der Waals surface area contributed by atoms with Crippen molar-refractivity contribution in [2.75, 3.05) is 37.7 Å². The van der Waals surface area contributed by atoms with Gasteiger partial charge in [-0.2, -0.15) is 0 Å². The van der Waals surface area contributed by atoms with Crippen LogP contribution in [0.4, 0.5) is 5.69 Å². The normalized spacial score (nSPS) is 16.5. The lowest BCUT2D eigenvalue weighted by Gasteiger charge is -2.35. The number of carbonyl (C=O) groups excluding carboxylic acids is 1. The minimum absolute atomic E-state index is 0.00905. The van der Waals surface area contributed by atoms with Crippen LogP contribution in [-0.4, -0.2) is 59.9 Å². The fourth-order valence-corrected chi connectivity index (χ4v) is 2.98. The summed E-state index contributed by atoms with van der Waals surface area (Å²) in [5, 5.41) is 20.0. The topological polar surface area (TPSA) is 73.2 Å².